The van der Waals surface area contributed by atoms with Crippen LogP contribution in [0.3, 0.4) is 0 Å². The van der Waals surface area contributed by atoms with E-state index in [2.05, 4.69) is 10.3 Å². The van der Waals surface area contributed by atoms with Crippen LogP contribution < -0.4 is 10.9 Å². The van der Waals surface area contributed by atoms with E-state index in [4.69, 9.17) is 0 Å². The van der Waals surface area contributed by atoms with E-state index in [1.165, 1.54) is 22.2 Å². The van der Waals surface area contributed by atoms with Crippen molar-refractivity contribution < 1.29 is 4.79 Å². The number of amides is 1. The second-order valence-electron chi connectivity index (χ2n) is 6.87. The Balaban J connectivity index is 1.51. The number of rotatable bonds is 6. The Bertz CT molecular complexity index is 1200. The summed E-state index contributed by atoms with van der Waals surface area (Å²) in [4.78, 5) is 31.5. The van der Waals surface area contributed by atoms with Gasteiger partial charge in [0.25, 0.3) is 5.56 Å². The molecular weight excluding hydrogens is 382 g/mol. The van der Waals surface area contributed by atoms with Gasteiger partial charge in [0.15, 0.2) is 0 Å². The van der Waals surface area contributed by atoms with Crippen molar-refractivity contribution in [2.24, 2.45) is 0 Å². The second-order valence-corrected chi connectivity index (χ2v) is 7.86. The van der Waals surface area contributed by atoms with Crippen LogP contribution in [0.5, 0.6) is 0 Å². The third kappa shape index (κ3) is 4.12. The molecule has 146 valence electrons. The van der Waals surface area contributed by atoms with Crippen molar-refractivity contribution in [3.05, 3.63) is 88.5 Å². The Morgan fingerprint density at radius 3 is 2.48 bits per heavy atom. The molecule has 4 aromatic rings. The van der Waals surface area contributed by atoms with Crippen molar-refractivity contribution in [1.82, 2.24) is 14.9 Å². The van der Waals surface area contributed by atoms with E-state index in [1.807, 2.05) is 67.6 Å². The van der Waals surface area contributed by atoms with Gasteiger partial charge in [-0.2, -0.15) is 0 Å². The number of thiophene rings is 1. The minimum absolute atomic E-state index is 0.0352. The van der Waals surface area contributed by atoms with Gasteiger partial charge in [0.05, 0.1) is 11.7 Å². The van der Waals surface area contributed by atoms with Crippen LogP contribution in [0.2, 0.25) is 0 Å². The van der Waals surface area contributed by atoms with Crippen molar-refractivity contribution >= 4 is 27.5 Å². The zero-order chi connectivity index (χ0) is 20.2. The number of hydrogen-bond donors (Lipinski definition) is 1. The molecule has 2 heterocycles. The molecule has 6 heteroatoms. The first-order valence-corrected chi connectivity index (χ1v) is 10.3. The Labute approximate surface area is 172 Å². The fourth-order valence-electron chi connectivity index (χ4n) is 3.34. The summed E-state index contributed by atoms with van der Waals surface area (Å²) in [5, 5.41) is 3.47. The molecule has 0 atom stereocenters. The van der Waals surface area contributed by atoms with Crippen LogP contribution in [0.25, 0.3) is 20.7 Å². The first kappa shape index (κ1) is 19.1. The lowest BCUT2D eigenvalue weighted by molar-refractivity contribution is -0.121. The maximum atomic E-state index is 13.0. The lowest BCUT2D eigenvalue weighted by Gasteiger charge is -2.07. The van der Waals surface area contributed by atoms with Crippen LogP contribution in [0.15, 0.2) is 71.8 Å². The third-order valence-corrected chi connectivity index (χ3v) is 6.09. The summed E-state index contributed by atoms with van der Waals surface area (Å²) in [5.74, 6) is -0.194. The number of carbonyl (C=O) groups is 1. The van der Waals surface area contributed by atoms with Crippen LogP contribution >= 0.6 is 11.3 Å². The maximum Gasteiger partial charge on any atom is 0.262 e. The SMILES string of the molecule is Cc1c(-c2ccccc2)sc2ncn(CC(=O)NCCc3ccccc3)c(=O)c12. The summed E-state index contributed by atoms with van der Waals surface area (Å²) >= 11 is 1.51. The topological polar surface area (TPSA) is 64.0 Å². The van der Waals surface area contributed by atoms with Crippen molar-refractivity contribution in [3.8, 4) is 10.4 Å². The van der Waals surface area contributed by atoms with Crippen LogP contribution in [0.4, 0.5) is 0 Å². The van der Waals surface area contributed by atoms with E-state index in [9.17, 15) is 9.59 Å². The molecule has 0 aliphatic rings. The lowest BCUT2D eigenvalue weighted by Crippen LogP contribution is -2.33. The van der Waals surface area contributed by atoms with Crippen molar-refractivity contribution in [2.45, 2.75) is 19.9 Å². The summed E-state index contributed by atoms with van der Waals surface area (Å²) in [6.45, 7) is 2.43. The highest BCUT2D eigenvalue weighted by atomic mass is 32.1. The molecule has 0 radical (unpaired) electrons. The number of aryl methyl sites for hydroxylation is 1. The number of nitrogens with one attached hydrogen (secondary N) is 1. The number of carbonyl (C=O) groups excluding carboxylic acids is 1. The largest absolute Gasteiger partial charge is 0.354 e. The average molecular weight is 404 g/mol. The fraction of sp³-hybridized carbons (Fsp3) is 0.174. The molecule has 2 aromatic carbocycles. The van der Waals surface area contributed by atoms with Crippen LogP contribution in [0, 0.1) is 6.92 Å². The van der Waals surface area contributed by atoms with Crippen molar-refractivity contribution in [1.29, 1.82) is 0 Å². The van der Waals surface area contributed by atoms with E-state index in [0.717, 1.165) is 28.0 Å². The third-order valence-electron chi connectivity index (χ3n) is 4.85. The molecule has 0 saturated carbocycles. The van der Waals surface area contributed by atoms with Gasteiger partial charge < -0.3 is 5.32 Å². The number of benzene rings is 2. The normalized spacial score (nSPS) is 10.9. The monoisotopic (exact) mass is 403 g/mol. The van der Waals surface area contributed by atoms with Gasteiger partial charge in [-0.1, -0.05) is 60.7 Å². The molecule has 1 N–H and O–H groups in total. The Morgan fingerprint density at radius 2 is 1.76 bits per heavy atom. The van der Waals surface area contributed by atoms with E-state index in [0.29, 0.717) is 16.8 Å². The Kier molecular flexibility index (Phi) is 5.53. The minimum atomic E-state index is -0.194. The summed E-state index contributed by atoms with van der Waals surface area (Å²) < 4.78 is 1.38. The zero-order valence-corrected chi connectivity index (χ0v) is 16.9. The molecule has 0 bridgehead atoms. The van der Waals surface area contributed by atoms with Gasteiger partial charge >= 0.3 is 0 Å². The second kappa shape index (κ2) is 8.41. The van der Waals surface area contributed by atoms with Crippen molar-refractivity contribution in [3.63, 3.8) is 0 Å². The molecule has 0 unspecified atom stereocenters. The zero-order valence-electron chi connectivity index (χ0n) is 16.1. The predicted molar refractivity (Wildman–Crippen MR) is 117 cm³/mol. The number of hydrogen-bond acceptors (Lipinski definition) is 4. The van der Waals surface area contributed by atoms with Crippen molar-refractivity contribution in [2.75, 3.05) is 6.54 Å². The quantitative estimate of drug-likeness (QED) is 0.533. The van der Waals surface area contributed by atoms with E-state index < -0.39 is 0 Å². The molecule has 0 fully saturated rings. The molecule has 5 nitrogen and oxygen atoms in total. The van der Waals surface area contributed by atoms with Gasteiger partial charge in [-0.15, -0.1) is 11.3 Å². The van der Waals surface area contributed by atoms with E-state index >= 15 is 0 Å². The summed E-state index contributed by atoms with van der Waals surface area (Å²) in [5.41, 5.74) is 2.96. The summed E-state index contributed by atoms with van der Waals surface area (Å²) in [6, 6.07) is 19.9. The first-order chi connectivity index (χ1) is 14.1. The highest BCUT2D eigenvalue weighted by molar-refractivity contribution is 7.22. The lowest BCUT2D eigenvalue weighted by atomic mass is 10.1. The molecule has 29 heavy (non-hydrogen) atoms. The molecule has 0 saturated heterocycles. The molecule has 4 rings (SSSR count). The highest BCUT2D eigenvalue weighted by Gasteiger charge is 2.16. The van der Waals surface area contributed by atoms with Gasteiger partial charge in [0, 0.05) is 11.4 Å². The van der Waals surface area contributed by atoms with Gasteiger partial charge in [-0.3, -0.25) is 14.2 Å². The Morgan fingerprint density at radius 1 is 1.07 bits per heavy atom. The number of fused-ring (bicyclic) bond motifs is 1. The maximum absolute atomic E-state index is 13.0. The standard InChI is InChI=1S/C23H21N3O2S/c1-16-20-22(29-21(16)18-10-6-3-7-11-18)25-15-26(23(20)28)14-19(27)24-13-12-17-8-4-2-5-9-17/h2-11,15H,12-14H2,1H3,(H,24,27). The van der Waals surface area contributed by atoms with E-state index in [1.54, 1.807) is 0 Å². The van der Waals surface area contributed by atoms with Gasteiger partial charge in [0.2, 0.25) is 5.91 Å². The van der Waals surface area contributed by atoms with Crippen LogP contribution in [-0.4, -0.2) is 22.0 Å². The molecule has 0 aliphatic carbocycles. The smallest absolute Gasteiger partial charge is 0.262 e. The van der Waals surface area contributed by atoms with Crippen LogP contribution in [-0.2, 0) is 17.8 Å². The predicted octanol–water partition coefficient (Wildman–Crippen LogP) is 3.79. The summed E-state index contributed by atoms with van der Waals surface area (Å²) in [6.07, 6.45) is 2.22. The summed E-state index contributed by atoms with van der Waals surface area (Å²) in [7, 11) is 0. The number of aromatic nitrogens is 2. The first-order valence-electron chi connectivity index (χ1n) is 9.48. The highest BCUT2D eigenvalue weighted by Crippen LogP contribution is 2.35. The van der Waals surface area contributed by atoms with Crippen LogP contribution in [0.1, 0.15) is 11.1 Å². The van der Waals surface area contributed by atoms with Gasteiger partial charge in [-0.25, -0.2) is 4.98 Å². The Hall–Kier alpha value is -3.25. The minimum Gasteiger partial charge on any atom is -0.354 e. The van der Waals surface area contributed by atoms with Gasteiger partial charge in [0.1, 0.15) is 11.4 Å². The molecule has 0 spiro atoms. The molecule has 0 aliphatic heterocycles. The fourth-order valence-corrected chi connectivity index (χ4v) is 4.48. The number of nitrogens with zero attached hydrogens (tertiary/aromatic N) is 2. The molecule has 2 aromatic heterocycles. The average Bonchev–Trinajstić information content (AvgIpc) is 3.09. The molecule has 1 amide bonds. The molecular formula is C23H21N3O2S. The van der Waals surface area contributed by atoms with Gasteiger partial charge in [-0.05, 0) is 30.0 Å². The van der Waals surface area contributed by atoms with E-state index in [-0.39, 0.29) is 18.0 Å².